The molecular weight excluding hydrogens is 372 g/mol. The van der Waals surface area contributed by atoms with Gasteiger partial charge in [0.15, 0.2) is 35.3 Å². The fraction of sp³-hybridized carbons (Fsp3) is 0.529. The molecule has 8 nitrogen and oxygen atoms in total. The first-order valence-electron chi connectivity index (χ1n) is 8.68. The number of hydrogen-bond donors (Lipinski definition) is 0. The number of aliphatic imine (C=N–C) groups is 1. The second-order valence-electron chi connectivity index (χ2n) is 6.88. The van der Waals surface area contributed by atoms with Gasteiger partial charge >= 0.3 is 0 Å². The summed E-state index contributed by atoms with van der Waals surface area (Å²) in [5, 5.41) is 0. The van der Waals surface area contributed by atoms with E-state index in [1.54, 1.807) is 6.66 Å². The van der Waals surface area contributed by atoms with E-state index in [0.29, 0.717) is 29.1 Å². The van der Waals surface area contributed by atoms with Crippen LogP contribution in [0.25, 0.3) is 11.2 Å². The van der Waals surface area contributed by atoms with Crippen molar-refractivity contribution in [2.24, 2.45) is 10.9 Å². The minimum atomic E-state index is -2.48. The fourth-order valence-electron chi connectivity index (χ4n) is 2.93. The van der Waals surface area contributed by atoms with Crippen LogP contribution in [0, 0.1) is 5.92 Å². The van der Waals surface area contributed by atoms with Crippen LogP contribution in [0.15, 0.2) is 29.5 Å². The first kappa shape index (κ1) is 19.8. The van der Waals surface area contributed by atoms with Gasteiger partial charge in [-0.3, -0.25) is 4.57 Å². The minimum Gasteiger partial charge on any atom is -0.341 e. The lowest BCUT2D eigenvalue weighted by Gasteiger charge is -2.20. The third-order valence-electron chi connectivity index (χ3n) is 4.44. The monoisotopic (exact) mass is 395 g/mol. The van der Waals surface area contributed by atoms with Crippen molar-refractivity contribution in [3.8, 4) is 0 Å². The Morgan fingerprint density at radius 2 is 2.26 bits per heavy atom. The zero-order valence-corrected chi connectivity index (χ0v) is 16.5. The van der Waals surface area contributed by atoms with E-state index in [1.807, 2.05) is 0 Å². The lowest BCUT2D eigenvalue weighted by Crippen LogP contribution is -2.17. The van der Waals surface area contributed by atoms with Gasteiger partial charge in [0.25, 0.3) is 0 Å². The number of imidazole rings is 1. The van der Waals surface area contributed by atoms with Gasteiger partial charge in [0.1, 0.15) is 19.8 Å². The van der Waals surface area contributed by atoms with Gasteiger partial charge in [0.2, 0.25) is 0 Å². The van der Waals surface area contributed by atoms with E-state index >= 15 is 0 Å². The summed E-state index contributed by atoms with van der Waals surface area (Å²) in [6.07, 6.45) is 3.54. The molecular formula is C17H23FN5O3P. The van der Waals surface area contributed by atoms with Crippen molar-refractivity contribution in [3.05, 3.63) is 24.6 Å². The summed E-state index contributed by atoms with van der Waals surface area (Å²) in [6.45, 7) is 9.25. The fourth-order valence-corrected chi connectivity index (χ4v) is 5.07. The van der Waals surface area contributed by atoms with Crippen molar-refractivity contribution in [1.29, 1.82) is 0 Å². The number of halogens is 1. The van der Waals surface area contributed by atoms with Crippen molar-refractivity contribution < 1.29 is 18.4 Å². The lowest BCUT2D eigenvalue weighted by atomic mass is 10.2. The average molecular weight is 395 g/mol. The maximum atomic E-state index is 14.5. The Morgan fingerprint density at radius 3 is 2.96 bits per heavy atom. The molecule has 2 aromatic rings. The Kier molecular flexibility index (Phi) is 5.83. The summed E-state index contributed by atoms with van der Waals surface area (Å²) in [7, 11) is -2.48. The molecule has 0 aliphatic carbocycles. The number of rotatable bonds is 8. The van der Waals surface area contributed by atoms with Crippen LogP contribution in [0.4, 0.5) is 10.2 Å². The van der Waals surface area contributed by atoms with E-state index in [1.165, 1.54) is 23.3 Å². The van der Waals surface area contributed by atoms with Crippen LogP contribution >= 0.6 is 7.14 Å². The van der Waals surface area contributed by atoms with Gasteiger partial charge < -0.3 is 14.0 Å². The lowest BCUT2D eigenvalue weighted by molar-refractivity contribution is -0.128. The average Bonchev–Trinajstić information content (AvgIpc) is 3.22. The van der Waals surface area contributed by atoms with Crippen LogP contribution < -0.4 is 0 Å². The highest BCUT2D eigenvalue weighted by Gasteiger charge is 2.32. The molecule has 0 amide bonds. The highest BCUT2D eigenvalue weighted by molar-refractivity contribution is 7.62. The first-order valence-corrected chi connectivity index (χ1v) is 11.2. The van der Waals surface area contributed by atoms with E-state index in [0.717, 1.165) is 6.42 Å². The van der Waals surface area contributed by atoms with Crippen molar-refractivity contribution in [1.82, 2.24) is 19.5 Å². The van der Waals surface area contributed by atoms with E-state index < -0.39 is 25.5 Å². The van der Waals surface area contributed by atoms with Gasteiger partial charge in [-0.15, -0.1) is 0 Å². The van der Waals surface area contributed by atoms with Crippen molar-refractivity contribution >= 4 is 30.8 Å². The Labute approximate surface area is 156 Å². The van der Waals surface area contributed by atoms with Gasteiger partial charge in [0.05, 0.1) is 6.33 Å². The maximum absolute atomic E-state index is 14.5. The summed E-state index contributed by atoms with van der Waals surface area (Å²) < 4.78 is 39.7. The molecule has 3 heterocycles. The van der Waals surface area contributed by atoms with Crippen LogP contribution in [-0.4, -0.2) is 51.7 Å². The van der Waals surface area contributed by atoms with Crippen LogP contribution in [0.3, 0.4) is 0 Å². The highest BCUT2D eigenvalue weighted by Crippen LogP contribution is 2.44. The molecule has 27 heavy (non-hydrogen) atoms. The molecule has 0 radical (unpaired) electrons. The first-order chi connectivity index (χ1) is 12.8. The molecule has 0 fully saturated rings. The standard InChI is InChI=1S/C17H23FN5O3P/c1-5-11(2)7-27(4,24)10-25-13-6-12(18)17(26-13)23-9-22-14-15(19-3)20-8-21-16(14)23/h6,8-9,11,13,17H,3,5,7,10H2,1-2,4H3/t11-,13-,17+,27-/m0/s1. The van der Waals surface area contributed by atoms with Gasteiger partial charge in [-0.2, -0.15) is 0 Å². The van der Waals surface area contributed by atoms with Gasteiger partial charge in [-0.1, -0.05) is 20.3 Å². The van der Waals surface area contributed by atoms with Crippen molar-refractivity contribution in [2.45, 2.75) is 32.8 Å². The molecule has 0 bridgehead atoms. The molecule has 0 saturated carbocycles. The highest BCUT2D eigenvalue weighted by atomic mass is 31.2. The maximum Gasteiger partial charge on any atom is 0.192 e. The van der Waals surface area contributed by atoms with Crippen LogP contribution in [0.1, 0.15) is 26.5 Å². The molecule has 1 aliphatic rings. The van der Waals surface area contributed by atoms with Crippen LogP contribution in [-0.2, 0) is 14.0 Å². The van der Waals surface area contributed by atoms with Gasteiger partial charge in [-0.25, -0.2) is 24.3 Å². The molecule has 0 spiro atoms. The predicted octanol–water partition coefficient (Wildman–Crippen LogP) is 3.88. The normalized spacial score (nSPS) is 23.2. The predicted molar refractivity (Wildman–Crippen MR) is 101 cm³/mol. The SMILES string of the molecule is C=Nc1ncnc2c1ncn2[C@@H]1O[C@H](OC[P@@](C)(=O)C[C@@H](C)CC)C=C1F. The van der Waals surface area contributed by atoms with Crippen molar-refractivity contribution in [2.75, 3.05) is 19.2 Å². The smallest absolute Gasteiger partial charge is 0.192 e. The van der Waals surface area contributed by atoms with E-state index in [4.69, 9.17) is 9.47 Å². The summed E-state index contributed by atoms with van der Waals surface area (Å²) >= 11 is 0. The molecule has 1 aliphatic heterocycles. The quantitative estimate of drug-likeness (QED) is 0.498. The number of aromatic nitrogens is 4. The van der Waals surface area contributed by atoms with Crippen LogP contribution in [0.5, 0.6) is 0 Å². The topological polar surface area (TPSA) is 91.5 Å². The zero-order chi connectivity index (χ0) is 19.6. The molecule has 146 valence electrons. The van der Waals surface area contributed by atoms with Gasteiger partial charge in [-0.05, 0) is 19.3 Å². The molecule has 3 rings (SSSR count). The van der Waals surface area contributed by atoms with Crippen LogP contribution in [0.2, 0.25) is 0 Å². The second-order valence-corrected chi connectivity index (χ2v) is 10.1. The summed E-state index contributed by atoms with van der Waals surface area (Å²) in [4.78, 5) is 16.0. The van der Waals surface area contributed by atoms with E-state index in [-0.39, 0.29) is 6.35 Å². The summed E-state index contributed by atoms with van der Waals surface area (Å²) in [5.74, 6) is 0.128. The minimum absolute atomic E-state index is 0.0376. The van der Waals surface area contributed by atoms with Crippen molar-refractivity contribution in [3.63, 3.8) is 0 Å². The largest absolute Gasteiger partial charge is 0.341 e. The third kappa shape index (κ3) is 4.31. The Morgan fingerprint density at radius 1 is 1.48 bits per heavy atom. The summed E-state index contributed by atoms with van der Waals surface area (Å²) in [5.41, 5.74) is 0.777. The zero-order valence-electron chi connectivity index (χ0n) is 15.6. The number of hydrogen-bond acceptors (Lipinski definition) is 7. The molecule has 0 N–H and O–H groups in total. The molecule has 0 unspecified atom stereocenters. The molecule has 0 aromatic carbocycles. The second kappa shape index (κ2) is 7.96. The van der Waals surface area contributed by atoms with E-state index in [9.17, 15) is 8.96 Å². The molecule has 2 aromatic heterocycles. The van der Waals surface area contributed by atoms with Gasteiger partial charge in [0, 0.05) is 12.2 Å². The molecule has 4 atom stereocenters. The molecule has 0 saturated heterocycles. The Bertz CT molecular complexity index is 915. The Hall–Kier alpha value is -1.96. The van der Waals surface area contributed by atoms with E-state index in [2.05, 4.69) is 40.5 Å². The third-order valence-corrected chi connectivity index (χ3v) is 6.53. The molecule has 10 heteroatoms. The number of nitrogens with zero attached hydrogens (tertiary/aromatic N) is 5. The number of ether oxygens (including phenoxy) is 2. The summed E-state index contributed by atoms with van der Waals surface area (Å²) in [6, 6.07) is 0. The number of fused-ring (bicyclic) bond motifs is 1. The Balaban J connectivity index is 1.70.